The Hall–Kier alpha value is -3.28. The van der Waals surface area contributed by atoms with Crippen LogP contribution in [0.5, 0.6) is 5.75 Å². The Balaban J connectivity index is 1.36. The highest BCUT2D eigenvalue weighted by atomic mass is 16.3. The molecule has 2 aromatic carbocycles. The molecule has 3 aromatic rings. The summed E-state index contributed by atoms with van der Waals surface area (Å²) in [5.41, 5.74) is 4.05. The summed E-state index contributed by atoms with van der Waals surface area (Å²) in [7, 11) is 0. The van der Waals surface area contributed by atoms with E-state index in [1.807, 2.05) is 6.07 Å². The van der Waals surface area contributed by atoms with Crippen molar-refractivity contribution in [3.63, 3.8) is 0 Å². The van der Waals surface area contributed by atoms with Gasteiger partial charge in [0.2, 0.25) is 0 Å². The van der Waals surface area contributed by atoms with Crippen molar-refractivity contribution in [3.8, 4) is 17.0 Å². The Kier molecular flexibility index (Phi) is 5.02. The number of anilines is 1. The van der Waals surface area contributed by atoms with E-state index in [0.29, 0.717) is 17.0 Å². The molecule has 0 unspecified atom stereocenters. The number of rotatable bonds is 4. The van der Waals surface area contributed by atoms with Gasteiger partial charge in [-0.1, -0.05) is 24.3 Å². The summed E-state index contributed by atoms with van der Waals surface area (Å²) in [4.78, 5) is 14.9. The van der Waals surface area contributed by atoms with Crippen molar-refractivity contribution in [3.05, 3.63) is 65.9 Å². The molecule has 1 aromatic heterocycles. The highest BCUT2D eigenvalue weighted by Crippen LogP contribution is 2.27. The van der Waals surface area contributed by atoms with E-state index in [0.717, 1.165) is 25.9 Å². The van der Waals surface area contributed by atoms with Crippen molar-refractivity contribution in [2.45, 2.75) is 25.8 Å². The minimum Gasteiger partial charge on any atom is -0.507 e. The average molecular weight is 376 g/mol. The summed E-state index contributed by atoms with van der Waals surface area (Å²) in [6, 6.07) is 17.3. The molecule has 0 radical (unpaired) electrons. The number of benzene rings is 2. The fourth-order valence-electron chi connectivity index (χ4n) is 3.64. The predicted molar refractivity (Wildman–Crippen MR) is 110 cm³/mol. The number of nitrogens with zero attached hydrogens (tertiary/aromatic N) is 2. The first-order chi connectivity index (χ1) is 13.6. The van der Waals surface area contributed by atoms with Gasteiger partial charge in [0.25, 0.3) is 5.91 Å². The molecule has 2 heterocycles. The summed E-state index contributed by atoms with van der Waals surface area (Å²) in [6.07, 6.45) is 1.81. The molecule has 6 nitrogen and oxygen atoms in total. The fraction of sp³-hybridized carbons (Fsp3) is 0.273. The lowest BCUT2D eigenvalue weighted by Crippen LogP contribution is -2.44. The quantitative estimate of drug-likeness (QED) is 0.651. The number of carbonyl (C=O) groups excluding carboxylic acids is 1. The molecule has 4 rings (SSSR count). The molecule has 0 aliphatic carbocycles. The van der Waals surface area contributed by atoms with Crippen LogP contribution in [0.4, 0.5) is 5.69 Å². The number of carbonyl (C=O) groups is 1. The molecule has 1 saturated heterocycles. The minimum absolute atomic E-state index is 0.143. The van der Waals surface area contributed by atoms with Gasteiger partial charge in [-0.2, -0.15) is 5.10 Å². The Morgan fingerprint density at radius 3 is 2.68 bits per heavy atom. The van der Waals surface area contributed by atoms with Gasteiger partial charge in [-0.15, -0.1) is 0 Å². The van der Waals surface area contributed by atoms with Crippen LogP contribution in [0.3, 0.4) is 0 Å². The van der Waals surface area contributed by atoms with E-state index in [1.54, 1.807) is 24.3 Å². The maximum atomic E-state index is 12.6. The third-order valence-electron chi connectivity index (χ3n) is 5.20. The Morgan fingerprint density at radius 1 is 1.14 bits per heavy atom. The van der Waals surface area contributed by atoms with E-state index in [-0.39, 0.29) is 17.7 Å². The number of para-hydroxylation sites is 1. The SMILES string of the molecule is Cc1cccc(N2CCC(NC(=O)c3cc(-c4ccccc4O)n[nH]3)CC2)c1. The molecular weight excluding hydrogens is 352 g/mol. The molecule has 1 amide bonds. The molecular formula is C22H24N4O2. The van der Waals surface area contributed by atoms with Crippen LogP contribution in [0, 0.1) is 6.92 Å². The monoisotopic (exact) mass is 376 g/mol. The largest absolute Gasteiger partial charge is 0.507 e. The molecule has 0 atom stereocenters. The molecule has 6 heteroatoms. The third-order valence-corrected chi connectivity index (χ3v) is 5.20. The zero-order chi connectivity index (χ0) is 19.5. The molecule has 144 valence electrons. The number of nitrogens with one attached hydrogen (secondary N) is 2. The van der Waals surface area contributed by atoms with Crippen LogP contribution >= 0.6 is 0 Å². The van der Waals surface area contributed by atoms with Crippen LogP contribution < -0.4 is 10.2 Å². The highest BCUT2D eigenvalue weighted by Gasteiger charge is 2.22. The van der Waals surface area contributed by atoms with Crippen molar-refractivity contribution in [1.29, 1.82) is 0 Å². The number of hydrogen-bond acceptors (Lipinski definition) is 4. The topological polar surface area (TPSA) is 81.2 Å². The number of phenols is 1. The number of aromatic hydroxyl groups is 1. The van der Waals surface area contributed by atoms with Gasteiger partial charge in [-0.05, 0) is 55.7 Å². The lowest BCUT2D eigenvalue weighted by atomic mass is 10.0. The van der Waals surface area contributed by atoms with Crippen molar-refractivity contribution in [1.82, 2.24) is 15.5 Å². The Labute approximate surface area is 164 Å². The minimum atomic E-state index is -0.164. The second-order valence-electron chi connectivity index (χ2n) is 7.26. The van der Waals surface area contributed by atoms with Gasteiger partial charge in [0.15, 0.2) is 0 Å². The second-order valence-corrected chi connectivity index (χ2v) is 7.26. The van der Waals surface area contributed by atoms with Gasteiger partial charge in [0.1, 0.15) is 11.4 Å². The summed E-state index contributed by atoms with van der Waals surface area (Å²) in [6.45, 7) is 3.94. The van der Waals surface area contributed by atoms with E-state index in [1.165, 1.54) is 11.3 Å². The van der Waals surface area contributed by atoms with Crippen LogP contribution in [0.15, 0.2) is 54.6 Å². The normalized spacial score (nSPS) is 14.8. The number of H-pyrrole nitrogens is 1. The van der Waals surface area contributed by atoms with Gasteiger partial charge >= 0.3 is 0 Å². The van der Waals surface area contributed by atoms with Gasteiger partial charge < -0.3 is 15.3 Å². The molecule has 1 aliphatic rings. The first-order valence-corrected chi connectivity index (χ1v) is 9.56. The molecule has 0 bridgehead atoms. The lowest BCUT2D eigenvalue weighted by molar-refractivity contribution is 0.0926. The number of hydrogen-bond donors (Lipinski definition) is 3. The number of aromatic nitrogens is 2. The molecule has 1 fully saturated rings. The first-order valence-electron chi connectivity index (χ1n) is 9.56. The summed E-state index contributed by atoms with van der Waals surface area (Å²) >= 11 is 0. The van der Waals surface area contributed by atoms with Crippen LogP contribution in [-0.4, -0.2) is 40.3 Å². The lowest BCUT2D eigenvalue weighted by Gasteiger charge is -2.34. The zero-order valence-corrected chi connectivity index (χ0v) is 15.9. The Bertz CT molecular complexity index is 974. The zero-order valence-electron chi connectivity index (χ0n) is 15.9. The van der Waals surface area contributed by atoms with E-state index >= 15 is 0 Å². The molecule has 28 heavy (non-hydrogen) atoms. The molecule has 0 saturated carbocycles. The maximum absolute atomic E-state index is 12.6. The molecule has 3 N–H and O–H groups in total. The number of aryl methyl sites for hydroxylation is 1. The van der Waals surface area contributed by atoms with Gasteiger partial charge in [-0.3, -0.25) is 9.89 Å². The van der Waals surface area contributed by atoms with Gasteiger partial charge in [-0.25, -0.2) is 0 Å². The first kappa shape index (κ1) is 18.1. The number of piperidine rings is 1. The maximum Gasteiger partial charge on any atom is 0.269 e. The smallest absolute Gasteiger partial charge is 0.269 e. The van der Waals surface area contributed by atoms with Crippen molar-refractivity contribution >= 4 is 11.6 Å². The van der Waals surface area contributed by atoms with Crippen LogP contribution in [0.2, 0.25) is 0 Å². The Morgan fingerprint density at radius 2 is 1.93 bits per heavy atom. The number of phenolic OH excluding ortho intramolecular Hbond substituents is 1. The fourth-order valence-corrected chi connectivity index (χ4v) is 3.64. The van der Waals surface area contributed by atoms with E-state index in [9.17, 15) is 9.90 Å². The standard InChI is InChI=1S/C22H24N4O2/c1-15-5-4-6-17(13-15)26-11-9-16(10-12-26)23-22(28)20-14-19(24-25-20)18-7-2-3-8-21(18)27/h2-8,13-14,16,27H,9-12H2,1H3,(H,23,28)(H,24,25). The van der Waals surface area contributed by atoms with E-state index in [4.69, 9.17) is 0 Å². The summed E-state index contributed by atoms with van der Waals surface area (Å²) in [5.74, 6) is -0.0207. The highest BCUT2D eigenvalue weighted by molar-refractivity contribution is 5.93. The van der Waals surface area contributed by atoms with Crippen molar-refractivity contribution < 1.29 is 9.90 Å². The van der Waals surface area contributed by atoms with Crippen LogP contribution in [0.25, 0.3) is 11.3 Å². The molecule has 0 spiro atoms. The second kappa shape index (κ2) is 7.76. The van der Waals surface area contributed by atoms with Crippen molar-refractivity contribution in [2.24, 2.45) is 0 Å². The third kappa shape index (κ3) is 3.86. The number of aromatic amines is 1. The number of amides is 1. The summed E-state index contributed by atoms with van der Waals surface area (Å²) in [5, 5.41) is 20.0. The predicted octanol–water partition coefficient (Wildman–Crippen LogP) is 3.49. The van der Waals surface area contributed by atoms with Crippen molar-refractivity contribution in [2.75, 3.05) is 18.0 Å². The van der Waals surface area contributed by atoms with E-state index < -0.39 is 0 Å². The molecule has 1 aliphatic heterocycles. The van der Waals surface area contributed by atoms with Crippen LogP contribution in [-0.2, 0) is 0 Å². The van der Waals surface area contributed by atoms with Gasteiger partial charge in [0.05, 0.1) is 5.69 Å². The average Bonchev–Trinajstić information content (AvgIpc) is 3.19. The summed E-state index contributed by atoms with van der Waals surface area (Å²) < 4.78 is 0. The van der Waals surface area contributed by atoms with E-state index in [2.05, 4.69) is 51.6 Å². The van der Waals surface area contributed by atoms with Crippen LogP contribution in [0.1, 0.15) is 28.9 Å². The van der Waals surface area contributed by atoms with Gasteiger partial charge in [0, 0.05) is 30.4 Å².